The molecule has 1 aliphatic heterocycles. The molecular formula is C19H15BrCl2FN3O3. The fourth-order valence-corrected chi connectivity index (χ4v) is 4.30. The van der Waals surface area contributed by atoms with Crippen molar-refractivity contribution in [2.45, 2.75) is 12.5 Å². The van der Waals surface area contributed by atoms with Gasteiger partial charge < -0.3 is 19.1 Å². The Morgan fingerprint density at radius 1 is 1.38 bits per heavy atom. The molecular weight excluding hydrogens is 488 g/mol. The first-order chi connectivity index (χ1) is 13.8. The summed E-state index contributed by atoms with van der Waals surface area (Å²) in [5, 5.41) is 10.1. The van der Waals surface area contributed by atoms with Crippen LogP contribution in [0, 0.1) is 5.82 Å². The van der Waals surface area contributed by atoms with Crippen LogP contribution < -0.4 is 0 Å². The van der Waals surface area contributed by atoms with E-state index in [1.807, 2.05) is 4.40 Å². The van der Waals surface area contributed by atoms with E-state index in [4.69, 9.17) is 27.9 Å². The molecule has 1 atom stereocenters. The molecule has 1 aromatic carbocycles. The number of benzene rings is 1. The number of hydrogen-bond acceptors (Lipinski definition) is 3. The topological polar surface area (TPSA) is 67.1 Å². The number of imidazole rings is 1. The zero-order chi connectivity index (χ0) is 20.7. The third kappa shape index (κ3) is 4.07. The first-order valence-electron chi connectivity index (χ1n) is 8.74. The van der Waals surface area contributed by atoms with Crippen molar-refractivity contribution < 1.29 is 19.0 Å². The lowest BCUT2D eigenvalue weighted by Gasteiger charge is -2.31. The Kier molecular flexibility index (Phi) is 5.70. The van der Waals surface area contributed by atoms with Gasteiger partial charge in [-0.1, -0.05) is 23.2 Å². The standard InChI is InChI=1S/C19H15BrCl2FN3O3/c20-13-8-14(22)12(7-15(13)23)18-16(26-2-1-10(21)5-17(26)24-18)6-11-9-25(19(27)28)3-4-29-11/h1-2,5,7-8,11H,3-4,6,9H2,(H,27,28)/t11-/m0/s1. The highest BCUT2D eigenvalue weighted by Crippen LogP contribution is 2.35. The second kappa shape index (κ2) is 8.10. The SMILES string of the molecule is O=C(O)N1CCO[C@@H](Cc2c(-c3cc(F)c(Br)cc3Cl)nc3cc(Cl)ccn23)C1. The first-order valence-corrected chi connectivity index (χ1v) is 10.3. The molecule has 2 aromatic heterocycles. The van der Waals surface area contributed by atoms with Crippen LogP contribution in [0.15, 0.2) is 34.9 Å². The van der Waals surface area contributed by atoms with Crippen LogP contribution in [-0.2, 0) is 11.2 Å². The summed E-state index contributed by atoms with van der Waals surface area (Å²) in [5.74, 6) is -0.462. The van der Waals surface area contributed by atoms with Crippen molar-refractivity contribution in [1.29, 1.82) is 0 Å². The minimum atomic E-state index is -0.985. The van der Waals surface area contributed by atoms with E-state index in [9.17, 15) is 14.3 Å². The molecule has 1 aliphatic rings. The normalized spacial score (nSPS) is 17.1. The van der Waals surface area contributed by atoms with Gasteiger partial charge in [0.05, 0.1) is 40.1 Å². The van der Waals surface area contributed by atoms with Crippen molar-refractivity contribution in [3.63, 3.8) is 0 Å². The van der Waals surface area contributed by atoms with Crippen molar-refractivity contribution in [3.8, 4) is 11.3 Å². The summed E-state index contributed by atoms with van der Waals surface area (Å²) in [5.41, 5.74) is 2.25. The number of rotatable bonds is 3. The van der Waals surface area contributed by atoms with Gasteiger partial charge in [0.15, 0.2) is 0 Å². The lowest BCUT2D eigenvalue weighted by atomic mass is 10.0. The molecule has 6 nitrogen and oxygen atoms in total. The van der Waals surface area contributed by atoms with E-state index < -0.39 is 11.9 Å². The second-order valence-electron chi connectivity index (χ2n) is 6.65. The molecule has 1 N–H and O–H groups in total. The van der Waals surface area contributed by atoms with Crippen molar-refractivity contribution in [1.82, 2.24) is 14.3 Å². The number of ether oxygens (including phenoxy) is 1. The average Bonchev–Trinajstić information content (AvgIpc) is 3.02. The smallest absolute Gasteiger partial charge is 0.407 e. The van der Waals surface area contributed by atoms with E-state index in [2.05, 4.69) is 20.9 Å². The molecule has 1 fully saturated rings. The Morgan fingerprint density at radius 2 is 2.17 bits per heavy atom. The number of morpholine rings is 1. The Hall–Kier alpha value is -1.87. The molecule has 1 amide bonds. The highest BCUT2D eigenvalue weighted by molar-refractivity contribution is 9.10. The summed E-state index contributed by atoms with van der Waals surface area (Å²) in [6, 6.07) is 6.22. The molecule has 0 saturated carbocycles. The molecule has 0 unspecified atom stereocenters. The Balaban J connectivity index is 1.81. The number of amides is 1. The molecule has 0 spiro atoms. The highest BCUT2D eigenvalue weighted by Gasteiger charge is 2.27. The molecule has 3 aromatic rings. The van der Waals surface area contributed by atoms with Gasteiger partial charge in [0.1, 0.15) is 11.5 Å². The lowest BCUT2D eigenvalue weighted by molar-refractivity contribution is -0.0214. The maximum absolute atomic E-state index is 14.2. The van der Waals surface area contributed by atoms with E-state index in [1.54, 1.807) is 18.3 Å². The number of halogens is 4. The number of fused-ring (bicyclic) bond motifs is 1. The van der Waals surface area contributed by atoms with E-state index in [0.717, 1.165) is 5.69 Å². The third-order valence-corrected chi connectivity index (χ3v) is 5.94. The van der Waals surface area contributed by atoms with Gasteiger partial charge in [-0.3, -0.25) is 0 Å². The number of carboxylic acid groups (broad SMARTS) is 1. The average molecular weight is 503 g/mol. The van der Waals surface area contributed by atoms with Crippen molar-refractivity contribution in [3.05, 3.63) is 56.5 Å². The first kappa shape index (κ1) is 20.4. The maximum atomic E-state index is 14.2. The van der Waals surface area contributed by atoms with Crippen LogP contribution in [0.1, 0.15) is 5.69 Å². The Morgan fingerprint density at radius 3 is 2.93 bits per heavy atom. The highest BCUT2D eigenvalue weighted by atomic mass is 79.9. The summed E-state index contributed by atoms with van der Waals surface area (Å²) >= 11 is 15.6. The molecule has 3 heterocycles. The third-order valence-electron chi connectivity index (χ3n) is 4.78. The van der Waals surface area contributed by atoms with Crippen LogP contribution in [0.2, 0.25) is 10.0 Å². The predicted molar refractivity (Wildman–Crippen MR) is 111 cm³/mol. The molecule has 10 heteroatoms. The van der Waals surface area contributed by atoms with E-state index in [-0.39, 0.29) is 17.1 Å². The predicted octanol–water partition coefficient (Wildman–Crippen LogP) is 5.13. The van der Waals surface area contributed by atoms with Gasteiger partial charge >= 0.3 is 6.09 Å². The maximum Gasteiger partial charge on any atom is 0.407 e. The summed E-state index contributed by atoms with van der Waals surface area (Å²) in [7, 11) is 0. The van der Waals surface area contributed by atoms with E-state index in [1.165, 1.54) is 17.0 Å². The number of pyridine rings is 1. The van der Waals surface area contributed by atoms with Crippen LogP contribution in [0.25, 0.3) is 16.9 Å². The largest absolute Gasteiger partial charge is 0.465 e. The van der Waals surface area contributed by atoms with E-state index >= 15 is 0 Å². The fourth-order valence-electron chi connectivity index (χ4n) is 3.42. The summed E-state index contributed by atoms with van der Waals surface area (Å²) in [4.78, 5) is 17.3. The number of carbonyl (C=O) groups is 1. The minimum absolute atomic E-state index is 0.234. The van der Waals surface area contributed by atoms with Crippen LogP contribution >= 0.6 is 39.1 Å². The fraction of sp³-hybridized carbons (Fsp3) is 0.263. The van der Waals surface area contributed by atoms with Crippen molar-refractivity contribution in [2.75, 3.05) is 19.7 Å². The van der Waals surface area contributed by atoms with Crippen LogP contribution in [0.4, 0.5) is 9.18 Å². The quantitative estimate of drug-likeness (QED) is 0.504. The number of nitrogens with zero attached hydrogens (tertiary/aromatic N) is 3. The summed E-state index contributed by atoms with van der Waals surface area (Å²) in [6.45, 7) is 0.867. The van der Waals surface area contributed by atoms with Gasteiger partial charge in [-0.2, -0.15) is 0 Å². The van der Waals surface area contributed by atoms with Gasteiger partial charge in [-0.25, -0.2) is 14.2 Å². The van der Waals surface area contributed by atoms with Crippen LogP contribution in [0.3, 0.4) is 0 Å². The van der Waals surface area contributed by atoms with Gasteiger partial charge in [-0.05, 0) is 34.1 Å². The van der Waals surface area contributed by atoms with E-state index in [0.29, 0.717) is 46.5 Å². The summed E-state index contributed by atoms with van der Waals surface area (Å²) in [6.07, 6.45) is 0.787. The molecule has 0 radical (unpaired) electrons. The second-order valence-corrected chi connectivity index (χ2v) is 8.35. The van der Waals surface area contributed by atoms with Crippen LogP contribution in [0.5, 0.6) is 0 Å². The lowest BCUT2D eigenvalue weighted by Crippen LogP contribution is -2.45. The molecule has 29 heavy (non-hydrogen) atoms. The number of hydrogen-bond donors (Lipinski definition) is 1. The molecule has 4 rings (SSSR count). The van der Waals surface area contributed by atoms with Gasteiger partial charge in [0.2, 0.25) is 0 Å². The Labute approximate surface area is 183 Å². The van der Waals surface area contributed by atoms with Gasteiger partial charge in [-0.15, -0.1) is 0 Å². The van der Waals surface area contributed by atoms with Crippen molar-refractivity contribution in [2.24, 2.45) is 0 Å². The summed E-state index contributed by atoms with van der Waals surface area (Å²) < 4.78 is 22.1. The van der Waals surface area contributed by atoms with Crippen LogP contribution in [-0.4, -0.2) is 51.3 Å². The zero-order valence-corrected chi connectivity index (χ0v) is 18.0. The minimum Gasteiger partial charge on any atom is -0.465 e. The molecule has 152 valence electrons. The molecule has 0 bridgehead atoms. The van der Waals surface area contributed by atoms with Gasteiger partial charge in [0, 0.05) is 35.8 Å². The molecule has 1 saturated heterocycles. The van der Waals surface area contributed by atoms with Crippen molar-refractivity contribution >= 4 is 50.9 Å². The Bertz CT molecular complexity index is 1110. The monoisotopic (exact) mass is 501 g/mol. The molecule has 0 aliphatic carbocycles. The van der Waals surface area contributed by atoms with Gasteiger partial charge in [0.25, 0.3) is 0 Å². The number of aromatic nitrogens is 2. The zero-order valence-electron chi connectivity index (χ0n) is 14.9.